The van der Waals surface area contributed by atoms with Gasteiger partial charge >= 0.3 is 0 Å². The third-order valence-electron chi connectivity index (χ3n) is 3.72. The summed E-state index contributed by atoms with van der Waals surface area (Å²) in [6, 6.07) is 14.3. The molecule has 1 heterocycles. The van der Waals surface area contributed by atoms with Crippen molar-refractivity contribution < 1.29 is 9.59 Å². The van der Waals surface area contributed by atoms with Gasteiger partial charge in [0.15, 0.2) is 5.17 Å². The first kappa shape index (κ1) is 18.8. The summed E-state index contributed by atoms with van der Waals surface area (Å²) in [5.74, 6) is -0.484. The van der Waals surface area contributed by atoms with Crippen molar-refractivity contribution in [3.8, 4) is 0 Å². The summed E-state index contributed by atoms with van der Waals surface area (Å²) in [5.41, 5.74) is 1.26. The number of carbonyl (C=O) groups is 2. The lowest BCUT2D eigenvalue weighted by Gasteiger charge is -2.22. The lowest BCUT2D eigenvalue weighted by Crippen LogP contribution is -2.32. The van der Waals surface area contributed by atoms with Crippen LogP contribution in [0.3, 0.4) is 0 Å². The highest BCUT2D eigenvalue weighted by molar-refractivity contribution is 8.14. The normalized spacial score (nSPS) is 16.4. The number of para-hydroxylation sites is 1. The van der Waals surface area contributed by atoms with Gasteiger partial charge in [0.2, 0.25) is 11.8 Å². The number of amidine groups is 1. The highest BCUT2D eigenvalue weighted by Crippen LogP contribution is 2.46. The summed E-state index contributed by atoms with van der Waals surface area (Å²) < 4.78 is 0. The summed E-state index contributed by atoms with van der Waals surface area (Å²) >= 11 is 13.9. The highest BCUT2D eigenvalue weighted by Gasteiger charge is 2.38. The smallest absolute Gasteiger partial charge is 0.241 e. The number of thioether (sulfide) groups is 1. The van der Waals surface area contributed by atoms with Crippen molar-refractivity contribution in [2.24, 2.45) is 5.10 Å². The van der Waals surface area contributed by atoms with Gasteiger partial charge in [-0.1, -0.05) is 59.2 Å². The Bertz CT molecular complexity index is 869. The molecule has 0 bridgehead atoms. The second kappa shape index (κ2) is 7.70. The van der Waals surface area contributed by atoms with Crippen LogP contribution in [0.4, 0.5) is 5.69 Å². The van der Waals surface area contributed by atoms with Gasteiger partial charge in [-0.05, 0) is 24.3 Å². The van der Waals surface area contributed by atoms with Gasteiger partial charge in [0, 0.05) is 29.5 Å². The van der Waals surface area contributed by atoms with Crippen LogP contribution in [0.2, 0.25) is 10.0 Å². The largest absolute Gasteiger partial charge is 0.274 e. The lowest BCUT2D eigenvalue weighted by atomic mass is 10.2. The van der Waals surface area contributed by atoms with Crippen LogP contribution in [0.1, 0.15) is 24.8 Å². The zero-order chi connectivity index (χ0) is 18.8. The van der Waals surface area contributed by atoms with E-state index in [1.807, 2.05) is 18.2 Å². The van der Waals surface area contributed by atoms with E-state index in [-0.39, 0.29) is 11.8 Å². The molecule has 0 aromatic heterocycles. The van der Waals surface area contributed by atoms with Crippen LogP contribution in [-0.4, -0.2) is 22.0 Å². The summed E-state index contributed by atoms with van der Waals surface area (Å²) in [6.45, 7) is 2.86. The fourth-order valence-corrected chi connectivity index (χ4v) is 4.66. The van der Waals surface area contributed by atoms with Gasteiger partial charge in [0.25, 0.3) is 0 Å². The van der Waals surface area contributed by atoms with E-state index in [9.17, 15) is 9.59 Å². The zero-order valence-electron chi connectivity index (χ0n) is 14.0. The molecule has 0 radical (unpaired) electrons. The quantitative estimate of drug-likeness (QED) is 0.710. The molecule has 5 nitrogen and oxygen atoms in total. The minimum absolute atomic E-state index is 0.211. The van der Waals surface area contributed by atoms with E-state index < -0.39 is 5.37 Å². The third kappa shape index (κ3) is 3.58. The Hall–Kier alpha value is -2.02. The van der Waals surface area contributed by atoms with Crippen molar-refractivity contribution in [3.05, 3.63) is 64.1 Å². The van der Waals surface area contributed by atoms with E-state index in [1.54, 1.807) is 30.3 Å². The Balaban J connectivity index is 2.04. The second-order valence-corrected chi connectivity index (χ2v) is 7.40. The molecule has 0 spiro atoms. The van der Waals surface area contributed by atoms with Crippen LogP contribution in [0.15, 0.2) is 53.6 Å². The van der Waals surface area contributed by atoms with Crippen molar-refractivity contribution in [3.63, 3.8) is 0 Å². The number of halogens is 2. The molecule has 3 rings (SSSR count). The second-order valence-electron chi connectivity index (χ2n) is 5.54. The average molecular weight is 408 g/mol. The highest BCUT2D eigenvalue weighted by atomic mass is 35.5. The number of rotatable bonds is 2. The Morgan fingerprint density at radius 3 is 2.19 bits per heavy atom. The molecule has 26 heavy (non-hydrogen) atoms. The molecule has 1 unspecified atom stereocenters. The van der Waals surface area contributed by atoms with Gasteiger partial charge in [-0.15, -0.1) is 5.10 Å². The van der Waals surface area contributed by atoms with Crippen LogP contribution >= 0.6 is 35.0 Å². The first-order valence-corrected chi connectivity index (χ1v) is 9.38. The van der Waals surface area contributed by atoms with Gasteiger partial charge in [-0.3, -0.25) is 14.5 Å². The Labute approximate surface area is 165 Å². The number of carbonyl (C=O) groups excluding carboxylic acids is 2. The number of benzene rings is 2. The van der Waals surface area contributed by atoms with Gasteiger partial charge in [0.1, 0.15) is 5.37 Å². The van der Waals surface area contributed by atoms with E-state index in [2.05, 4.69) is 5.10 Å². The number of nitrogens with zero attached hydrogens (tertiary/aromatic N) is 3. The van der Waals surface area contributed by atoms with Crippen LogP contribution in [-0.2, 0) is 9.59 Å². The van der Waals surface area contributed by atoms with Crippen molar-refractivity contribution >= 4 is 57.6 Å². The van der Waals surface area contributed by atoms with Crippen LogP contribution in [0.25, 0.3) is 0 Å². The molecule has 0 saturated carbocycles. The van der Waals surface area contributed by atoms with Crippen LogP contribution in [0, 0.1) is 0 Å². The molecule has 0 aliphatic carbocycles. The van der Waals surface area contributed by atoms with Gasteiger partial charge in [-0.25, -0.2) is 5.01 Å². The molecule has 8 heteroatoms. The Morgan fingerprint density at radius 1 is 1.04 bits per heavy atom. The van der Waals surface area contributed by atoms with E-state index in [1.165, 1.54) is 35.5 Å². The van der Waals surface area contributed by atoms with Crippen LogP contribution in [0.5, 0.6) is 0 Å². The molecule has 2 aromatic carbocycles. The maximum atomic E-state index is 12.3. The number of hydrogen-bond acceptors (Lipinski definition) is 4. The molecule has 1 aliphatic rings. The first-order valence-electron chi connectivity index (χ1n) is 7.75. The van der Waals surface area contributed by atoms with Crippen molar-refractivity contribution in [1.29, 1.82) is 0 Å². The summed E-state index contributed by atoms with van der Waals surface area (Å²) in [5, 5.41) is 6.39. The summed E-state index contributed by atoms with van der Waals surface area (Å²) in [4.78, 5) is 25.9. The van der Waals surface area contributed by atoms with Gasteiger partial charge in [-0.2, -0.15) is 0 Å². The average Bonchev–Trinajstić information content (AvgIpc) is 3.00. The number of anilines is 1. The summed E-state index contributed by atoms with van der Waals surface area (Å²) in [6.07, 6.45) is 0. The molecule has 0 fully saturated rings. The minimum atomic E-state index is -0.547. The number of hydrogen-bond donors (Lipinski definition) is 0. The fourth-order valence-electron chi connectivity index (χ4n) is 2.58. The predicted molar refractivity (Wildman–Crippen MR) is 106 cm³/mol. The number of hydrazone groups is 1. The van der Waals surface area contributed by atoms with E-state index in [4.69, 9.17) is 23.2 Å². The van der Waals surface area contributed by atoms with Crippen molar-refractivity contribution in [2.75, 3.05) is 4.90 Å². The molecule has 1 aliphatic heterocycles. The molecule has 0 saturated heterocycles. The fraction of sp³-hybridized carbons (Fsp3) is 0.167. The molecule has 2 amide bonds. The third-order valence-corrected chi connectivity index (χ3v) is 5.52. The molecule has 0 N–H and O–H groups in total. The molecular formula is C18H15Cl2N3O2S. The molecule has 2 aromatic rings. The standard InChI is InChI=1S/C18H15Cl2N3O2S/c1-11(24)22(13-7-4-3-5-8-13)18-21-23(12(2)25)17(26-18)16-14(19)9-6-10-15(16)20/h3-10,17H,1-2H3. The predicted octanol–water partition coefficient (Wildman–Crippen LogP) is 4.91. The van der Waals surface area contributed by atoms with E-state index in [0.717, 1.165) is 0 Å². The van der Waals surface area contributed by atoms with Gasteiger partial charge in [0.05, 0.1) is 5.69 Å². The minimum Gasteiger partial charge on any atom is -0.274 e. The van der Waals surface area contributed by atoms with Crippen molar-refractivity contribution in [1.82, 2.24) is 5.01 Å². The topological polar surface area (TPSA) is 53.0 Å². The van der Waals surface area contributed by atoms with Crippen LogP contribution < -0.4 is 4.90 Å². The lowest BCUT2D eigenvalue weighted by molar-refractivity contribution is -0.129. The maximum Gasteiger partial charge on any atom is 0.241 e. The molecular weight excluding hydrogens is 393 g/mol. The SMILES string of the molecule is CC(=O)N(C1=NN(C(C)=O)C(c2c(Cl)cccc2Cl)S1)c1ccccc1. The molecule has 1 atom stereocenters. The van der Waals surface area contributed by atoms with Crippen molar-refractivity contribution in [2.45, 2.75) is 19.2 Å². The number of amides is 2. The zero-order valence-corrected chi connectivity index (χ0v) is 16.3. The van der Waals surface area contributed by atoms with Gasteiger partial charge < -0.3 is 0 Å². The van der Waals surface area contributed by atoms with E-state index in [0.29, 0.717) is 26.5 Å². The monoisotopic (exact) mass is 407 g/mol. The molecule has 134 valence electrons. The Kier molecular flexibility index (Phi) is 5.55. The van der Waals surface area contributed by atoms with E-state index >= 15 is 0 Å². The first-order chi connectivity index (χ1) is 12.4. The maximum absolute atomic E-state index is 12.3. The Morgan fingerprint density at radius 2 is 1.65 bits per heavy atom. The summed E-state index contributed by atoms with van der Waals surface area (Å²) in [7, 11) is 0.